The zero-order valence-corrected chi connectivity index (χ0v) is 18.3. The molecule has 7 heteroatoms. The number of aromatic hydroxyl groups is 1. The van der Waals surface area contributed by atoms with E-state index in [1.807, 2.05) is 13.0 Å². The van der Waals surface area contributed by atoms with Crippen LogP contribution < -0.4 is 0 Å². The maximum atomic E-state index is 10.5. The Balaban J connectivity index is 2.36. The summed E-state index contributed by atoms with van der Waals surface area (Å²) in [7, 11) is 0. The smallest absolute Gasteiger partial charge is 0.298 e. The van der Waals surface area contributed by atoms with Crippen LogP contribution in [0.4, 0.5) is 0 Å². The number of phenols is 1. The fourth-order valence-electron chi connectivity index (χ4n) is 2.30. The molecule has 1 aliphatic rings. The quantitative estimate of drug-likeness (QED) is 0.362. The highest BCUT2D eigenvalue weighted by Crippen LogP contribution is 2.38. The van der Waals surface area contributed by atoms with E-state index in [9.17, 15) is 9.90 Å². The topological polar surface area (TPSA) is 46.5 Å². The van der Waals surface area contributed by atoms with E-state index in [4.69, 9.17) is 4.74 Å². The summed E-state index contributed by atoms with van der Waals surface area (Å²) < 4.78 is 7.44. The van der Waals surface area contributed by atoms with Gasteiger partial charge in [-0.15, -0.1) is 0 Å². The Labute approximate surface area is 168 Å². The third kappa shape index (κ3) is 4.59. The molecule has 0 heterocycles. The molecule has 0 fully saturated rings. The summed E-state index contributed by atoms with van der Waals surface area (Å²) in [6.07, 6.45) is 4.30. The predicted molar refractivity (Wildman–Crippen MR) is 105 cm³/mol. The monoisotopic (exact) mass is 568 g/mol. The second-order valence-electron chi connectivity index (χ2n) is 4.94. The van der Waals surface area contributed by atoms with E-state index in [1.54, 1.807) is 18.2 Å². The first-order valence-corrected chi connectivity index (χ1v) is 9.83. The van der Waals surface area contributed by atoms with Crippen molar-refractivity contribution in [2.75, 3.05) is 0 Å². The maximum absolute atomic E-state index is 10.5. The number of allylic oxidation sites excluding steroid dienone is 5. The molecule has 3 nitrogen and oxygen atoms in total. The first-order chi connectivity index (χ1) is 10.8. The Morgan fingerprint density at radius 2 is 1.91 bits per heavy atom. The van der Waals surface area contributed by atoms with E-state index >= 15 is 0 Å². The van der Waals surface area contributed by atoms with Gasteiger partial charge in [0, 0.05) is 13.4 Å². The average molecular weight is 572 g/mol. The molecule has 2 rings (SSSR count). The van der Waals surface area contributed by atoms with Gasteiger partial charge < -0.3 is 9.84 Å². The molecule has 1 aromatic rings. The Morgan fingerprint density at radius 3 is 2.43 bits per heavy atom. The number of hydrogen-bond acceptors (Lipinski definition) is 3. The van der Waals surface area contributed by atoms with Crippen LogP contribution in [-0.4, -0.2) is 16.4 Å². The normalized spacial score (nSPS) is 19.8. The molecule has 0 bridgehead atoms. The molecule has 0 saturated heterocycles. The number of halogens is 4. The minimum Gasteiger partial charge on any atom is -0.508 e. The summed E-state index contributed by atoms with van der Waals surface area (Å²) >= 11 is 14.1. The number of alkyl halides is 1. The van der Waals surface area contributed by atoms with Gasteiger partial charge in [0.1, 0.15) is 11.5 Å². The van der Waals surface area contributed by atoms with E-state index in [1.165, 1.54) is 0 Å². The second-order valence-corrected chi connectivity index (χ2v) is 8.49. The van der Waals surface area contributed by atoms with E-state index in [0.717, 1.165) is 30.1 Å². The van der Waals surface area contributed by atoms with Crippen molar-refractivity contribution in [3.8, 4) is 5.75 Å². The Hall–Kier alpha value is -0.370. The van der Waals surface area contributed by atoms with E-state index in [2.05, 4.69) is 63.7 Å². The van der Waals surface area contributed by atoms with E-state index in [-0.39, 0.29) is 10.6 Å². The van der Waals surface area contributed by atoms with Crippen molar-refractivity contribution in [3.05, 3.63) is 60.2 Å². The van der Waals surface area contributed by atoms with Gasteiger partial charge in [0.15, 0.2) is 0 Å². The minimum atomic E-state index is -0.0634. The zero-order valence-electron chi connectivity index (χ0n) is 11.9. The third-order valence-electron chi connectivity index (χ3n) is 3.32. The summed E-state index contributed by atoms with van der Waals surface area (Å²) in [5, 5.41) is 9.62. The van der Waals surface area contributed by atoms with Crippen LogP contribution in [0.2, 0.25) is 0 Å². The number of benzene rings is 1. The van der Waals surface area contributed by atoms with Crippen molar-refractivity contribution in [1.29, 1.82) is 0 Å². The van der Waals surface area contributed by atoms with Crippen LogP contribution in [0.25, 0.3) is 0 Å². The van der Waals surface area contributed by atoms with Gasteiger partial charge in [0.25, 0.3) is 6.47 Å². The number of ether oxygens (including phenoxy) is 1. The number of carbonyl (C=O) groups is 1. The largest absolute Gasteiger partial charge is 0.508 e. The van der Waals surface area contributed by atoms with Crippen LogP contribution in [0, 0.1) is 0 Å². The molecule has 122 valence electrons. The lowest BCUT2D eigenvalue weighted by Crippen LogP contribution is -2.10. The molecule has 0 saturated carbocycles. The summed E-state index contributed by atoms with van der Waals surface area (Å²) in [6.45, 7) is 2.46. The van der Waals surface area contributed by atoms with Crippen molar-refractivity contribution >= 4 is 70.2 Å². The average Bonchev–Trinajstić information content (AvgIpc) is 2.42. The molecule has 1 atom stereocenters. The number of carbonyl (C=O) groups excluding carboxylic acids is 1. The summed E-state index contributed by atoms with van der Waals surface area (Å²) in [6, 6.07) is 3.34. The fourth-order valence-corrected chi connectivity index (χ4v) is 5.76. The Morgan fingerprint density at radius 1 is 1.30 bits per heavy atom. The molecule has 0 amide bonds. The minimum absolute atomic E-state index is 0.0634. The highest BCUT2D eigenvalue weighted by Gasteiger charge is 2.21. The first kappa shape index (κ1) is 19.0. The SMILES string of the molecule is CC(Cc1c(Br)cc(O)cc1Br)=C1C(Br)=CC(OC=O)=CC1Br. The van der Waals surface area contributed by atoms with Crippen molar-refractivity contribution < 1.29 is 14.6 Å². The van der Waals surface area contributed by atoms with Gasteiger partial charge in [-0.25, -0.2) is 0 Å². The van der Waals surface area contributed by atoms with Gasteiger partial charge in [0.2, 0.25) is 0 Å². The van der Waals surface area contributed by atoms with Gasteiger partial charge in [-0.1, -0.05) is 69.3 Å². The molecule has 0 aromatic heterocycles. The van der Waals surface area contributed by atoms with Gasteiger partial charge in [-0.2, -0.15) is 0 Å². The summed E-state index contributed by atoms with van der Waals surface area (Å²) in [5.74, 6) is 0.700. The van der Waals surface area contributed by atoms with E-state index < -0.39 is 0 Å². The molecule has 1 unspecified atom stereocenters. The number of hydrogen-bond donors (Lipinski definition) is 1. The standard InChI is InChI=1S/C16H12Br4O3/c1-8(2-11-12(17)3-9(22)4-13(11)18)16-14(19)5-10(23-7-21)6-15(16)20/h3-7,14,22H,2H2,1H3. The first-order valence-electron chi connectivity index (χ1n) is 6.53. The zero-order chi connectivity index (χ0) is 17.1. The molecular formula is C16H12Br4O3. The van der Waals surface area contributed by atoms with Gasteiger partial charge in [-0.3, -0.25) is 4.79 Å². The second kappa shape index (κ2) is 8.14. The van der Waals surface area contributed by atoms with Crippen LogP contribution in [-0.2, 0) is 16.0 Å². The van der Waals surface area contributed by atoms with Crippen molar-refractivity contribution in [2.45, 2.75) is 18.2 Å². The summed E-state index contributed by atoms with van der Waals surface area (Å²) in [5.41, 5.74) is 3.27. The molecule has 1 aliphatic carbocycles. The highest BCUT2D eigenvalue weighted by atomic mass is 79.9. The molecule has 1 N–H and O–H groups in total. The lowest BCUT2D eigenvalue weighted by atomic mass is 9.96. The van der Waals surface area contributed by atoms with Crippen LogP contribution >= 0.6 is 63.7 Å². The summed E-state index contributed by atoms with van der Waals surface area (Å²) in [4.78, 5) is 10.4. The van der Waals surface area contributed by atoms with Crippen LogP contribution in [0.15, 0.2) is 54.6 Å². The van der Waals surface area contributed by atoms with Gasteiger partial charge in [-0.05, 0) is 48.8 Å². The van der Waals surface area contributed by atoms with Crippen LogP contribution in [0.3, 0.4) is 0 Å². The molecule has 0 aliphatic heterocycles. The lowest BCUT2D eigenvalue weighted by molar-refractivity contribution is -0.124. The van der Waals surface area contributed by atoms with Gasteiger partial charge >= 0.3 is 0 Å². The lowest BCUT2D eigenvalue weighted by Gasteiger charge is -2.21. The molecular weight excluding hydrogens is 560 g/mol. The number of phenolic OH excluding ortho intramolecular Hbond substituents is 1. The molecule has 23 heavy (non-hydrogen) atoms. The van der Waals surface area contributed by atoms with Crippen LogP contribution in [0.5, 0.6) is 5.75 Å². The Bertz CT molecular complexity index is 712. The molecule has 0 spiro atoms. The highest BCUT2D eigenvalue weighted by molar-refractivity contribution is 9.12. The number of rotatable bonds is 4. The van der Waals surface area contributed by atoms with Crippen molar-refractivity contribution in [2.24, 2.45) is 0 Å². The predicted octanol–water partition coefficient (Wildman–Crippen LogP) is 5.89. The molecule has 1 aromatic carbocycles. The Kier molecular flexibility index (Phi) is 6.71. The van der Waals surface area contributed by atoms with Crippen molar-refractivity contribution in [1.82, 2.24) is 0 Å². The van der Waals surface area contributed by atoms with E-state index in [0.29, 0.717) is 18.7 Å². The van der Waals surface area contributed by atoms with Crippen molar-refractivity contribution in [3.63, 3.8) is 0 Å². The maximum Gasteiger partial charge on any atom is 0.298 e. The van der Waals surface area contributed by atoms with Gasteiger partial charge in [0.05, 0.1) is 4.83 Å². The third-order valence-corrected chi connectivity index (χ3v) is 6.12. The van der Waals surface area contributed by atoms with Crippen LogP contribution in [0.1, 0.15) is 12.5 Å². The molecule has 0 radical (unpaired) electrons. The fraction of sp³-hybridized carbons (Fsp3) is 0.188.